The number of para-hydroxylation sites is 2. The predicted molar refractivity (Wildman–Crippen MR) is 67.6 cm³/mol. The SMILES string of the molecule is CC(NC(=O)CCc1nc2ccccc2o1)C(=O)O. The Morgan fingerprint density at radius 2 is 2.16 bits per heavy atom. The second-order valence-electron chi connectivity index (χ2n) is 4.20. The second kappa shape index (κ2) is 5.51. The average molecular weight is 262 g/mol. The summed E-state index contributed by atoms with van der Waals surface area (Å²) in [5, 5.41) is 11.0. The topological polar surface area (TPSA) is 92.4 Å². The van der Waals surface area contributed by atoms with E-state index in [1.165, 1.54) is 6.92 Å². The maximum Gasteiger partial charge on any atom is 0.325 e. The molecule has 1 amide bonds. The number of nitrogens with one attached hydrogen (secondary N) is 1. The highest BCUT2D eigenvalue weighted by Gasteiger charge is 2.14. The predicted octanol–water partition coefficient (Wildman–Crippen LogP) is 1.35. The van der Waals surface area contributed by atoms with Gasteiger partial charge in [0.15, 0.2) is 11.5 Å². The van der Waals surface area contributed by atoms with E-state index in [1.807, 2.05) is 18.2 Å². The first-order valence-corrected chi connectivity index (χ1v) is 5.93. The van der Waals surface area contributed by atoms with Crippen LogP contribution in [0, 0.1) is 0 Å². The molecule has 1 unspecified atom stereocenters. The van der Waals surface area contributed by atoms with Crippen LogP contribution >= 0.6 is 0 Å². The first kappa shape index (κ1) is 13.1. The molecule has 1 aromatic heterocycles. The van der Waals surface area contributed by atoms with E-state index in [0.717, 1.165) is 5.52 Å². The number of nitrogens with zero attached hydrogens (tertiary/aromatic N) is 1. The lowest BCUT2D eigenvalue weighted by atomic mass is 10.2. The van der Waals surface area contributed by atoms with Crippen molar-refractivity contribution in [2.45, 2.75) is 25.8 Å². The van der Waals surface area contributed by atoms with Crippen molar-refractivity contribution < 1.29 is 19.1 Å². The van der Waals surface area contributed by atoms with E-state index in [0.29, 0.717) is 17.9 Å². The van der Waals surface area contributed by atoms with E-state index in [4.69, 9.17) is 9.52 Å². The van der Waals surface area contributed by atoms with Crippen molar-refractivity contribution in [3.63, 3.8) is 0 Å². The summed E-state index contributed by atoms with van der Waals surface area (Å²) in [5.41, 5.74) is 1.42. The van der Waals surface area contributed by atoms with E-state index >= 15 is 0 Å². The number of aromatic nitrogens is 1. The molecule has 0 radical (unpaired) electrons. The number of rotatable bonds is 5. The molecular weight excluding hydrogens is 248 g/mol. The van der Waals surface area contributed by atoms with E-state index in [-0.39, 0.29) is 12.3 Å². The van der Waals surface area contributed by atoms with E-state index < -0.39 is 12.0 Å². The Kier molecular flexibility index (Phi) is 3.79. The van der Waals surface area contributed by atoms with Crippen molar-refractivity contribution in [3.05, 3.63) is 30.2 Å². The maximum absolute atomic E-state index is 11.5. The number of carbonyl (C=O) groups excluding carboxylic acids is 1. The number of carboxylic acid groups (broad SMARTS) is 1. The van der Waals surface area contributed by atoms with Crippen LogP contribution < -0.4 is 5.32 Å². The highest BCUT2D eigenvalue weighted by Crippen LogP contribution is 2.15. The molecule has 2 rings (SSSR count). The van der Waals surface area contributed by atoms with Gasteiger partial charge in [-0.1, -0.05) is 12.1 Å². The smallest absolute Gasteiger partial charge is 0.325 e. The molecule has 1 atom stereocenters. The molecule has 19 heavy (non-hydrogen) atoms. The Hall–Kier alpha value is -2.37. The van der Waals surface area contributed by atoms with Gasteiger partial charge in [-0.15, -0.1) is 0 Å². The van der Waals surface area contributed by atoms with Crippen molar-refractivity contribution in [1.82, 2.24) is 10.3 Å². The number of benzene rings is 1. The third-order valence-corrected chi connectivity index (χ3v) is 2.65. The summed E-state index contributed by atoms with van der Waals surface area (Å²) in [5.74, 6) is -0.924. The van der Waals surface area contributed by atoms with Gasteiger partial charge in [-0.05, 0) is 19.1 Å². The zero-order valence-electron chi connectivity index (χ0n) is 10.4. The van der Waals surface area contributed by atoms with Gasteiger partial charge in [0.2, 0.25) is 5.91 Å². The summed E-state index contributed by atoms with van der Waals surface area (Å²) in [6, 6.07) is 6.44. The average Bonchev–Trinajstić information content (AvgIpc) is 2.78. The Bertz CT molecular complexity index is 572. The van der Waals surface area contributed by atoms with Gasteiger partial charge >= 0.3 is 5.97 Å². The standard InChI is InChI=1S/C13H14N2O4/c1-8(13(17)18)14-11(16)6-7-12-15-9-4-2-3-5-10(9)19-12/h2-5,8H,6-7H2,1H3,(H,14,16)(H,17,18). The van der Waals surface area contributed by atoms with Gasteiger partial charge in [0.25, 0.3) is 0 Å². The second-order valence-corrected chi connectivity index (χ2v) is 4.20. The minimum Gasteiger partial charge on any atom is -0.480 e. The van der Waals surface area contributed by atoms with E-state index in [9.17, 15) is 9.59 Å². The number of carboxylic acids is 1. The summed E-state index contributed by atoms with van der Waals surface area (Å²) in [6.45, 7) is 1.42. The van der Waals surface area contributed by atoms with Gasteiger partial charge in [-0.2, -0.15) is 0 Å². The van der Waals surface area contributed by atoms with Gasteiger partial charge in [0.05, 0.1) is 0 Å². The third kappa shape index (κ3) is 3.31. The Labute approximate surface area is 109 Å². The zero-order chi connectivity index (χ0) is 13.8. The molecule has 0 aliphatic carbocycles. The quantitative estimate of drug-likeness (QED) is 0.848. The molecule has 0 aliphatic heterocycles. The first-order chi connectivity index (χ1) is 9.06. The molecule has 0 saturated heterocycles. The van der Waals surface area contributed by atoms with Crippen LogP contribution in [0.4, 0.5) is 0 Å². The minimum atomic E-state index is -1.06. The molecule has 2 aromatic rings. The highest BCUT2D eigenvalue weighted by atomic mass is 16.4. The van der Waals surface area contributed by atoms with Crippen molar-refractivity contribution in [2.24, 2.45) is 0 Å². The molecular formula is C13H14N2O4. The molecule has 0 aliphatic rings. The highest BCUT2D eigenvalue weighted by molar-refractivity contribution is 5.83. The number of amides is 1. The number of fused-ring (bicyclic) bond motifs is 1. The number of aryl methyl sites for hydroxylation is 1. The molecule has 1 aromatic carbocycles. The molecule has 0 spiro atoms. The lowest BCUT2D eigenvalue weighted by molar-refractivity contribution is -0.141. The molecule has 0 fully saturated rings. The number of hydrogen-bond acceptors (Lipinski definition) is 4. The number of oxazole rings is 1. The fourth-order valence-corrected chi connectivity index (χ4v) is 1.62. The summed E-state index contributed by atoms with van der Waals surface area (Å²) in [7, 11) is 0. The van der Waals surface area contributed by atoms with Gasteiger partial charge in [-0.25, -0.2) is 4.98 Å². The van der Waals surface area contributed by atoms with Crippen LogP contribution in [0.1, 0.15) is 19.2 Å². The molecule has 0 bridgehead atoms. The molecule has 0 saturated carbocycles. The van der Waals surface area contributed by atoms with Crippen LogP contribution in [0.3, 0.4) is 0 Å². The molecule has 100 valence electrons. The maximum atomic E-state index is 11.5. The fraction of sp³-hybridized carbons (Fsp3) is 0.308. The third-order valence-electron chi connectivity index (χ3n) is 2.65. The van der Waals surface area contributed by atoms with Crippen molar-refractivity contribution in [2.75, 3.05) is 0 Å². The summed E-state index contributed by atoms with van der Waals surface area (Å²) in [4.78, 5) is 26.3. The Morgan fingerprint density at radius 3 is 2.84 bits per heavy atom. The summed E-state index contributed by atoms with van der Waals surface area (Å²) >= 11 is 0. The molecule has 2 N–H and O–H groups in total. The van der Waals surface area contributed by atoms with Gasteiger partial charge in [-0.3, -0.25) is 9.59 Å². The van der Waals surface area contributed by atoms with E-state index in [2.05, 4.69) is 10.3 Å². The normalized spacial score (nSPS) is 12.3. The minimum absolute atomic E-state index is 0.143. The first-order valence-electron chi connectivity index (χ1n) is 5.93. The monoisotopic (exact) mass is 262 g/mol. The lowest BCUT2D eigenvalue weighted by Gasteiger charge is -2.07. The van der Waals surface area contributed by atoms with Crippen LogP contribution in [0.25, 0.3) is 11.1 Å². The fourth-order valence-electron chi connectivity index (χ4n) is 1.62. The molecule has 6 nitrogen and oxygen atoms in total. The molecule has 6 heteroatoms. The Balaban J connectivity index is 1.91. The summed E-state index contributed by atoms with van der Waals surface area (Å²) in [6.07, 6.45) is 0.483. The van der Waals surface area contributed by atoms with Crippen molar-refractivity contribution >= 4 is 23.0 Å². The number of hydrogen-bond donors (Lipinski definition) is 2. The van der Waals surface area contributed by atoms with Gasteiger partial charge < -0.3 is 14.8 Å². The summed E-state index contributed by atoms with van der Waals surface area (Å²) < 4.78 is 5.46. The van der Waals surface area contributed by atoms with Crippen LogP contribution in [0.5, 0.6) is 0 Å². The lowest BCUT2D eigenvalue weighted by Crippen LogP contribution is -2.38. The number of carbonyl (C=O) groups is 2. The largest absolute Gasteiger partial charge is 0.480 e. The number of aliphatic carboxylic acids is 1. The van der Waals surface area contributed by atoms with Crippen LogP contribution in [-0.2, 0) is 16.0 Å². The van der Waals surface area contributed by atoms with E-state index in [1.54, 1.807) is 6.07 Å². The van der Waals surface area contributed by atoms with Crippen molar-refractivity contribution in [3.8, 4) is 0 Å². The zero-order valence-corrected chi connectivity index (χ0v) is 10.4. The van der Waals surface area contributed by atoms with Crippen molar-refractivity contribution in [1.29, 1.82) is 0 Å². The molecule has 1 heterocycles. The van der Waals surface area contributed by atoms with Crippen LogP contribution in [0.2, 0.25) is 0 Å². The van der Waals surface area contributed by atoms with Crippen LogP contribution in [-0.4, -0.2) is 28.0 Å². The van der Waals surface area contributed by atoms with Gasteiger partial charge in [0, 0.05) is 12.8 Å². The van der Waals surface area contributed by atoms with Crippen LogP contribution in [0.15, 0.2) is 28.7 Å². The Morgan fingerprint density at radius 1 is 1.42 bits per heavy atom. The van der Waals surface area contributed by atoms with Gasteiger partial charge in [0.1, 0.15) is 11.6 Å².